The summed E-state index contributed by atoms with van der Waals surface area (Å²) in [7, 11) is 3.44. The van der Waals surface area contributed by atoms with Gasteiger partial charge in [-0.3, -0.25) is 0 Å². The first kappa shape index (κ1) is 18.6. The maximum absolute atomic E-state index is 14.3. The van der Waals surface area contributed by atoms with E-state index in [-0.39, 0.29) is 5.82 Å². The van der Waals surface area contributed by atoms with E-state index >= 15 is 0 Å². The first-order valence-corrected chi connectivity index (χ1v) is 8.77. The number of nitrogens with one attached hydrogen (secondary N) is 2. The molecule has 0 aliphatic heterocycles. The third-order valence-electron chi connectivity index (χ3n) is 4.59. The smallest absolute Gasteiger partial charge is 0.151 e. The molecule has 0 saturated heterocycles. The fraction of sp³-hybridized carbons (Fsp3) is 0.182. The fourth-order valence-electron chi connectivity index (χ4n) is 3.21. The van der Waals surface area contributed by atoms with Gasteiger partial charge in [-0.25, -0.2) is 4.39 Å². The minimum Gasteiger partial charge on any atom is -0.387 e. The van der Waals surface area contributed by atoms with Gasteiger partial charge in [0.05, 0.1) is 0 Å². The monoisotopic (exact) mass is 362 g/mol. The molecule has 0 unspecified atom stereocenters. The zero-order valence-electron chi connectivity index (χ0n) is 15.8. The second-order valence-electron chi connectivity index (χ2n) is 6.27. The summed E-state index contributed by atoms with van der Waals surface area (Å²) in [6.07, 6.45) is 5.82. The lowest BCUT2D eigenvalue weighted by Crippen LogP contribution is -2.17. The van der Waals surface area contributed by atoms with E-state index in [1.54, 1.807) is 0 Å². The van der Waals surface area contributed by atoms with Gasteiger partial charge in [-0.1, -0.05) is 36.9 Å². The molecule has 2 aromatic carbocycles. The average Bonchev–Trinajstić information content (AvgIpc) is 2.63. The van der Waals surface area contributed by atoms with Gasteiger partial charge in [-0.2, -0.15) is 10.2 Å². The maximum atomic E-state index is 14.3. The van der Waals surface area contributed by atoms with Crippen molar-refractivity contribution in [2.45, 2.75) is 13.5 Å². The van der Waals surface area contributed by atoms with E-state index in [1.807, 2.05) is 50.4 Å². The number of benzene rings is 2. The lowest BCUT2D eigenvalue weighted by molar-refractivity contribution is 0.626. The summed E-state index contributed by atoms with van der Waals surface area (Å²) in [6, 6.07) is 9.56. The van der Waals surface area contributed by atoms with Crippen molar-refractivity contribution in [1.29, 1.82) is 0 Å². The van der Waals surface area contributed by atoms with Crippen molar-refractivity contribution in [3.05, 3.63) is 82.8 Å². The topological polar surface area (TPSA) is 48.8 Å². The first-order chi connectivity index (χ1) is 13.1. The standard InChI is InChI=1S/C22H23FN4/c1-5-15-7-6-8-16(22(15)24-3)13-26-20-10-9-18(20)17-11-14(2)21(27-25-4)19(23)12-17/h5-12,24,26H,1,13H2,2-4H3. The molecule has 0 bridgehead atoms. The number of allylic oxidation sites excluding steroid dienone is 3. The Balaban J connectivity index is 1.84. The Morgan fingerprint density at radius 2 is 2.04 bits per heavy atom. The normalized spacial score (nSPS) is 13.0. The van der Waals surface area contributed by atoms with Crippen LogP contribution in [0.3, 0.4) is 0 Å². The number of azo groups is 1. The summed E-state index contributed by atoms with van der Waals surface area (Å²) in [4.78, 5) is 0. The van der Waals surface area contributed by atoms with E-state index in [1.165, 1.54) is 13.1 Å². The lowest BCUT2D eigenvalue weighted by Gasteiger charge is -2.21. The molecule has 0 heterocycles. The highest BCUT2D eigenvalue weighted by atomic mass is 19.1. The molecule has 0 spiro atoms. The van der Waals surface area contributed by atoms with E-state index in [0.29, 0.717) is 12.2 Å². The Bertz CT molecular complexity index is 947. The summed E-state index contributed by atoms with van der Waals surface area (Å²) >= 11 is 0. The largest absolute Gasteiger partial charge is 0.387 e. The number of para-hydroxylation sites is 1. The molecular formula is C22H23FN4. The van der Waals surface area contributed by atoms with E-state index < -0.39 is 0 Å². The Hall–Kier alpha value is -3.21. The van der Waals surface area contributed by atoms with Crippen LogP contribution in [-0.4, -0.2) is 14.1 Å². The van der Waals surface area contributed by atoms with Crippen molar-refractivity contribution in [1.82, 2.24) is 5.32 Å². The van der Waals surface area contributed by atoms with Gasteiger partial charge in [0.15, 0.2) is 5.82 Å². The number of hydrogen-bond acceptors (Lipinski definition) is 4. The molecule has 0 saturated carbocycles. The SMILES string of the molecule is C=Cc1cccc(CNC2=C(c3cc(C)c(N=NC)c(F)c3)C=C2)c1NC. The summed E-state index contributed by atoms with van der Waals surface area (Å²) in [5.41, 5.74) is 7.13. The lowest BCUT2D eigenvalue weighted by atomic mass is 9.94. The molecule has 138 valence electrons. The minimum atomic E-state index is -0.362. The van der Waals surface area contributed by atoms with Gasteiger partial charge >= 0.3 is 0 Å². The van der Waals surface area contributed by atoms with Crippen molar-refractivity contribution < 1.29 is 4.39 Å². The summed E-state index contributed by atoms with van der Waals surface area (Å²) in [5, 5.41) is 14.2. The van der Waals surface area contributed by atoms with Crippen LogP contribution in [0.5, 0.6) is 0 Å². The van der Waals surface area contributed by atoms with Crippen LogP contribution in [0.15, 0.2) is 65.0 Å². The van der Waals surface area contributed by atoms with Gasteiger partial charge in [-0.15, -0.1) is 0 Å². The van der Waals surface area contributed by atoms with Crippen molar-refractivity contribution >= 4 is 23.0 Å². The highest BCUT2D eigenvalue weighted by molar-refractivity contribution is 5.85. The van der Waals surface area contributed by atoms with Crippen LogP contribution in [-0.2, 0) is 6.54 Å². The Labute approximate surface area is 159 Å². The minimum absolute atomic E-state index is 0.291. The average molecular weight is 362 g/mol. The zero-order chi connectivity index (χ0) is 19.4. The van der Waals surface area contributed by atoms with E-state index in [4.69, 9.17) is 0 Å². The van der Waals surface area contributed by atoms with Crippen LogP contribution < -0.4 is 10.6 Å². The van der Waals surface area contributed by atoms with Gasteiger partial charge in [-0.05, 0) is 47.4 Å². The second kappa shape index (κ2) is 7.99. The highest BCUT2D eigenvalue weighted by Gasteiger charge is 2.16. The molecule has 3 rings (SSSR count). The number of halogens is 1. The number of nitrogens with zero attached hydrogens (tertiary/aromatic N) is 2. The number of aryl methyl sites for hydroxylation is 1. The number of hydrogen-bond donors (Lipinski definition) is 2. The number of rotatable bonds is 7. The molecule has 0 amide bonds. The Kier molecular flexibility index (Phi) is 5.50. The predicted molar refractivity (Wildman–Crippen MR) is 111 cm³/mol. The van der Waals surface area contributed by atoms with Crippen LogP contribution in [0.1, 0.15) is 22.3 Å². The molecule has 27 heavy (non-hydrogen) atoms. The molecule has 0 radical (unpaired) electrons. The van der Waals surface area contributed by atoms with Gasteiger partial charge in [0.1, 0.15) is 5.69 Å². The van der Waals surface area contributed by atoms with Crippen molar-refractivity contribution in [3.63, 3.8) is 0 Å². The van der Waals surface area contributed by atoms with Crippen LogP contribution >= 0.6 is 0 Å². The summed E-state index contributed by atoms with van der Waals surface area (Å²) in [5.74, 6) is -0.362. The van der Waals surface area contributed by atoms with Crippen molar-refractivity contribution in [2.24, 2.45) is 10.2 Å². The summed E-state index contributed by atoms with van der Waals surface area (Å²) < 4.78 is 14.3. The predicted octanol–water partition coefficient (Wildman–Crippen LogP) is 5.60. The van der Waals surface area contributed by atoms with Crippen LogP contribution in [0.2, 0.25) is 0 Å². The second-order valence-corrected chi connectivity index (χ2v) is 6.27. The van der Waals surface area contributed by atoms with Gasteiger partial charge in [0.2, 0.25) is 0 Å². The van der Waals surface area contributed by atoms with Crippen molar-refractivity contribution in [3.8, 4) is 0 Å². The maximum Gasteiger partial charge on any atom is 0.151 e. The molecular weight excluding hydrogens is 339 g/mol. The van der Waals surface area contributed by atoms with Crippen LogP contribution in [0, 0.1) is 12.7 Å². The van der Waals surface area contributed by atoms with Crippen molar-refractivity contribution in [2.75, 3.05) is 19.4 Å². The third-order valence-corrected chi connectivity index (χ3v) is 4.59. The molecule has 1 aliphatic carbocycles. The van der Waals surface area contributed by atoms with E-state index in [9.17, 15) is 4.39 Å². The Morgan fingerprint density at radius 3 is 2.63 bits per heavy atom. The fourth-order valence-corrected chi connectivity index (χ4v) is 3.21. The molecule has 4 nitrogen and oxygen atoms in total. The van der Waals surface area contributed by atoms with Gasteiger partial charge < -0.3 is 10.6 Å². The summed E-state index contributed by atoms with van der Waals surface area (Å²) in [6.45, 7) is 6.36. The highest BCUT2D eigenvalue weighted by Crippen LogP contribution is 2.33. The van der Waals surface area contributed by atoms with E-state index in [2.05, 4.69) is 33.5 Å². The number of anilines is 1. The molecule has 5 heteroatoms. The van der Waals surface area contributed by atoms with Gasteiger partial charge in [0.25, 0.3) is 0 Å². The molecule has 0 atom stereocenters. The quantitative estimate of drug-likeness (QED) is 0.630. The Morgan fingerprint density at radius 1 is 1.22 bits per heavy atom. The molecule has 1 aliphatic rings. The molecule has 2 N–H and O–H groups in total. The van der Waals surface area contributed by atoms with Crippen LogP contribution in [0.25, 0.3) is 11.6 Å². The molecule has 0 aromatic heterocycles. The molecule has 0 fully saturated rings. The first-order valence-electron chi connectivity index (χ1n) is 8.77. The van der Waals surface area contributed by atoms with Crippen LogP contribution in [0.4, 0.5) is 15.8 Å². The molecule has 2 aromatic rings. The zero-order valence-corrected chi connectivity index (χ0v) is 15.8. The van der Waals surface area contributed by atoms with E-state index in [0.717, 1.165) is 39.2 Å². The third kappa shape index (κ3) is 3.67. The van der Waals surface area contributed by atoms with Gasteiger partial charge in [0, 0.05) is 37.6 Å².